The molecule has 1 heterocycles. The summed E-state index contributed by atoms with van der Waals surface area (Å²) in [6.07, 6.45) is 0.752. The van der Waals surface area contributed by atoms with Gasteiger partial charge < -0.3 is 15.5 Å². The molecule has 2 N–H and O–H groups in total. The highest BCUT2D eigenvalue weighted by Crippen LogP contribution is 2.28. The first kappa shape index (κ1) is 23.7. The molecule has 0 aliphatic carbocycles. The van der Waals surface area contributed by atoms with E-state index in [4.69, 9.17) is 0 Å². The van der Waals surface area contributed by atoms with Gasteiger partial charge in [-0.05, 0) is 30.2 Å². The Morgan fingerprint density at radius 2 is 1.78 bits per heavy atom. The fraction of sp³-hybridized carbons (Fsp3) is 0.417. The van der Waals surface area contributed by atoms with Gasteiger partial charge in [-0.3, -0.25) is 14.7 Å². The topological polar surface area (TPSA) is 60.0 Å². The largest absolute Gasteiger partial charge is 0.355 e. The van der Waals surface area contributed by atoms with E-state index in [-0.39, 0.29) is 11.9 Å². The number of halogens is 2. The normalized spacial score (nSPS) is 16.0. The number of nitrogens with zero attached hydrogens (tertiary/aromatic N) is 3. The van der Waals surface area contributed by atoms with Crippen LogP contribution < -0.4 is 10.6 Å². The van der Waals surface area contributed by atoms with E-state index in [0.29, 0.717) is 17.7 Å². The lowest BCUT2D eigenvalue weighted by Crippen LogP contribution is -2.53. The fourth-order valence-corrected chi connectivity index (χ4v) is 4.12. The van der Waals surface area contributed by atoms with Crippen LogP contribution in [0.5, 0.6) is 0 Å². The van der Waals surface area contributed by atoms with Crippen LogP contribution in [-0.2, 0) is 6.54 Å². The predicted molar refractivity (Wildman–Crippen MR) is 123 cm³/mol. The van der Waals surface area contributed by atoms with Crippen LogP contribution in [-0.4, -0.2) is 61.9 Å². The molecule has 0 saturated carbocycles. The number of guanidine groups is 1. The monoisotopic (exact) mass is 443 g/mol. The molecule has 1 unspecified atom stereocenters. The van der Waals surface area contributed by atoms with Gasteiger partial charge >= 0.3 is 0 Å². The maximum Gasteiger partial charge on any atom is 0.251 e. The molecule has 1 saturated heterocycles. The Morgan fingerprint density at radius 3 is 2.34 bits per heavy atom. The standard InChI is InChI=1S/C24H31F2N5O/c1-4-22(20-10-9-19(25)15-21(20)26)30-11-13-31(14-12-30)24(28-3)29-16-17-5-7-18(8-6-17)23(32)27-2/h5-10,15,22H,4,11-14,16H2,1-3H3,(H,27,32)(H,28,29). The number of amides is 1. The molecular formula is C24H31F2N5O. The second-order valence-corrected chi connectivity index (χ2v) is 7.79. The van der Waals surface area contributed by atoms with Crippen molar-refractivity contribution >= 4 is 11.9 Å². The van der Waals surface area contributed by atoms with E-state index in [9.17, 15) is 13.6 Å². The zero-order chi connectivity index (χ0) is 23.1. The third-order valence-corrected chi connectivity index (χ3v) is 5.87. The highest BCUT2D eigenvalue weighted by Gasteiger charge is 2.27. The molecule has 32 heavy (non-hydrogen) atoms. The number of benzene rings is 2. The zero-order valence-corrected chi connectivity index (χ0v) is 18.9. The lowest BCUT2D eigenvalue weighted by Gasteiger charge is -2.40. The summed E-state index contributed by atoms with van der Waals surface area (Å²) in [5, 5.41) is 5.99. The highest BCUT2D eigenvalue weighted by atomic mass is 19.1. The molecule has 0 radical (unpaired) electrons. The predicted octanol–water partition coefficient (Wildman–Crippen LogP) is 3.17. The third-order valence-electron chi connectivity index (χ3n) is 5.87. The molecule has 1 aliphatic heterocycles. The molecule has 1 amide bonds. The molecule has 3 rings (SSSR count). The molecular weight excluding hydrogens is 412 g/mol. The lowest BCUT2D eigenvalue weighted by atomic mass is 10.0. The Kier molecular flexibility index (Phi) is 8.16. The first-order valence-electron chi connectivity index (χ1n) is 10.9. The molecule has 1 fully saturated rings. The molecule has 0 aromatic heterocycles. The Morgan fingerprint density at radius 1 is 1.09 bits per heavy atom. The molecule has 6 nitrogen and oxygen atoms in total. The van der Waals surface area contributed by atoms with Gasteiger partial charge in [-0.1, -0.05) is 25.1 Å². The van der Waals surface area contributed by atoms with Gasteiger partial charge in [0.1, 0.15) is 11.6 Å². The highest BCUT2D eigenvalue weighted by molar-refractivity contribution is 5.93. The number of nitrogens with one attached hydrogen (secondary N) is 2. The van der Waals surface area contributed by atoms with E-state index >= 15 is 0 Å². The van der Waals surface area contributed by atoms with Crippen LogP contribution in [0.15, 0.2) is 47.5 Å². The van der Waals surface area contributed by atoms with Crippen molar-refractivity contribution in [3.63, 3.8) is 0 Å². The van der Waals surface area contributed by atoms with Crippen LogP contribution in [0.4, 0.5) is 8.78 Å². The van der Waals surface area contributed by atoms with E-state index in [1.807, 2.05) is 19.1 Å². The van der Waals surface area contributed by atoms with Gasteiger partial charge in [-0.2, -0.15) is 0 Å². The number of carbonyl (C=O) groups is 1. The van der Waals surface area contributed by atoms with Crippen LogP contribution in [0.1, 0.15) is 40.9 Å². The van der Waals surface area contributed by atoms with Crippen molar-refractivity contribution in [1.29, 1.82) is 0 Å². The van der Waals surface area contributed by atoms with Crippen LogP contribution >= 0.6 is 0 Å². The summed E-state index contributed by atoms with van der Waals surface area (Å²) in [6, 6.07) is 11.2. The first-order valence-corrected chi connectivity index (χ1v) is 10.9. The molecule has 2 aromatic rings. The van der Waals surface area contributed by atoms with Crippen LogP contribution in [0.2, 0.25) is 0 Å². The average molecular weight is 444 g/mol. The third kappa shape index (κ3) is 5.62. The van der Waals surface area contributed by atoms with Gasteiger partial charge in [-0.15, -0.1) is 0 Å². The molecule has 0 bridgehead atoms. The lowest BCUT2D eigenvalue weighted by molar-refractivity contribution is 0.0963. The van der Waals surface area contributed by atoms with Crippen LogP contribution in [0, 0.1) is 11.6 Å². The van der Waals surface area contributed by atoms with Crippen molar-refractivity contribution < 1.29 is 13.6 Å². The van der Waals surface area contributed by atoms with Gasteiger partial charge in [0.2, 0.25) is 0 Å². The number of carbonyl (C=O) groups excluding carboxylic acids is 1. The summed E-state index contributed by atoms with van der Waals surface area (Å²) in [7, 11) is 3.37. The second-order valence-electron chi connectivity index (χ2n) is 7.79. The van der Waals surface area contributed by atoms with E-state index in [0.717, 1.165) is 50.2 Å². The van der Waals surface area contributed by atoms with Crippen molar-refractivity contribution in [3.05, 3.63) is 70.8 Å². The first-order chi connectivity index (χ1) is 15.5. The number of hydrogen-bond acceptors (Lipinski definition) is 3. The smallest absolute Gasteiger partial charge is 0.251 e. The Balaban J connectivity index is 1.56. The van der Waals surface area contributed by atoms with Gasteiger partial charge in [0.05, 0.1) is 0 Å². The van der Waals surface area contributed by atoms with Crippen molar-refractivity contribution in [2.24, 2.45) is 4.99 Å². The molecule has 2 aromatic carbocycles. The van der Waals surface area contributed by atoms with E-state index in [1.165, 1.54) is 6.07 Å². The van der Waals surface area contributed by atoms with Gasteiger partial charge in [0, 0.05) is 70.1 Å². The van der Waals surface area contributed by atoms with Gasteiger partial charge in [0.25, 0.3) is 5.91 Å². The van der Waals surface area contributed by atoms with E-state index < -0.39 is 11.6 Å². The zero-order valence-electron chi connectivity index (χ0n) is 18.9. The number of piperazine rings is 1. The molecule has 8 heteroatoms. The Hall–Kier alpha value is -3.00. The SMILES string of the molecule is CCC(c1ccc(F)cc1F)N1CCN(C(=NC)NCc2ccc(C(=O)NC)cc2)CC1. The summed E-state index contributed by atoms with van der Waals surface area (Å²) in [5.74, 6) is -0.339. The minimum Gasteiger partial charge on any atom is -0.355 e. The van der Waals surface area contributed by atoms with Crippen molar-refractivity contribution in [3.8, 4) is 0 Å². The molecule has 1 atom stereocenters. The summed E-state index contributed by atoms with van der Waals surface area (Å²) >= 11 is 0. The Labute approximate surface area is 188 Å². The fourth-order valence-electron chi connectivity index (χ4n) is 4.12. The molecule has 1 aliphatic rings. The maximum absolute atomic E-state index is 14.3. The summed E-state index contributed by atoms with van der Waals surface area (Å²) in [6.45, 7) is 5.66. The van der Waals surface area contributed by atoms with Crippen molar-refractivity contribution in [2.45, 2.75) is 25.9 Å². The number of hydrogen-bond donors (Lipinski definition) is 2. The van der Waals surface area contributed by atoms with Crippen LogP contribution in [0.3, 0.4) is 0 Å². The molecule has 172 valence electrons. The van der Waals surface area contributed by atoms with Crippen LogP contribution in [0.25, 0.3) is 0 Å². The number of rotatable bonds is 6. The van der Waals surface area contributed by atoms with E-state index in [1.54, 1.807) is 32.3 Å². The van der Waals surface area contributed by atoms with Crippen molar-refractivity contribution in [1.82, 2.24) is 20.4 Å². The van der Waals surface area contributed by atoms with Crippen molar-refractivity contribution in [2.75, 3.05) is 40.3 Å². The second kappa shape index (κ2) is 11.0. The molecule has 0 spiro atoms. The summed E-state index contributed by atoms with van der Waals surface area (Å²) < 4.78 is 27.6. The summed E-state index contributed by atoms with van der Waals surface area (Å²) in [4.78, 5) is 20.5. The maximum atomic E-state index is 14.3. The van der Waals surface area contributed by atoms with Gasteiger partial charge in [0.15, 0.2) is 5.96 Å². The summed E-state index contributed by atoms with van der Waals surface area (Å²) in [5.41, 5.74) is 2.22. The quantitative estimate of drug-likeness (QED) is 0.532. The minimum atomic E-state index is -0.552. The average Bonchev–Trinajstić information content (AvgIpc) is 2.82. The number of aliphatic imine (C=N–C) groups is 1. The Bertz CT molecular complexity index is 940. The van der Waals surface area contributed by atoms with Gasteiger partial charge in [-0.25, -0.2) is 8.78 Å². The van der Waals surface area contributed by atoms with E-state index in [2.05, 4.69) is 25.4 Å². The minimum absolute atomic E-state index is 0.0773.